The summed E-state index contributed by atoms with van der Waals surface area (Å²) in [5, 5.41) is 10.7. The molecule has 4 saturated carbocycles. The molecule has 4 aliphatic rings. The Morgan fingerprint density at radius 3 is 2.04 bits per heavy atom. The summed E-state index contributed by atoms with van der Waals surface area (Å²) in [4.78, 5) is 22.6. The number of ketones is 1. The van der Waals surface area contributed by atoms with E-state index in [0.29, 0.717) is 5.56 Å². The molecular weight excluding hydrogens is 290 g/mol. The summed E-state index contributed by atoms with van der Waals surface area (Å²) < 4.78 is 0. The van der Waals surface area contributed by atoms with Crippen LogP contribution in [0.3, 0.4) is 0 Å². The zero-order valence-corrected chi connectivity index (χ0v) is 13.1. The summed E-state index contributed by atoms with van der Waals surface area (Å²) in [6, 6.07) is 5.88. The van der Waals surface area contributed by atoms with Crippen molar-refractivity contribution in [3.63, 3.8) is 0 Å². The van der Waals surface area contributed by atoms with E-state index < -0.39 is 4.92 Å². The molecule has 5 rings (SSSR count). The van der Waals surface area contributed by atoms with Gasteiger partial charge >= 0.3 is 0 Å². The maximum absolute atomic E-state index is 12.4. The highest BCUT2D eigenvalue weighted by atomic mass is 16.6. The third-order valence-corrected chi connectivity index (χ3v) is 6.04. The van der Waals surface area contributed by atoms with Crippen LogP contribution < -0.4 is 0 Å². The zero-order valence-electron chi connectivity index (χ0n) is 13.1. The molecule has 4 heteroatoms. The summed E-state index contributed by atoms with van der Waals surface area (Å²) in [6.45, 7) is 0. The minimum atomic E-state index is -0.445. The molecule has 0 aromatic heterocycles. The van der Waals surface area contributed by atoms with Gasteiger partial charge in [-0.3, -0.25) is 14.9 Å². The molecule has 1 aromatic carbocycles. The highest BCUT2D eigenvalue weighted by Gasteiger charge is 2.49. The molecule has 0 spiro atoms. The average Bonchev–Trinajstić information content (AvgIpc) is 2.51. The molecule has 4 fully saturated rings. The van der Waals surface area contributed by atoms with Crippen LogP contribution in [-0.4, -0.2) is 10.7 Å². The first-order valence-electron chi connectivity index (χ1n) is 8.51. The maximum Gasteiger partial charge on any atom is 0.269 e. The Kier molecular flexibility index (Phi) is 3.36. The molecule has 0 saturated heterocycles. The Bertz CT molecular complexity index is 639. The van der Waals surface area contributed by atoms with Crippen molar-refractivity contribution in [1.82, 2.24) is 0 Å². The van der Waals surface area contributed by atoms with Crippen LogP contribution in [0.1, 0.15) is 48.9 Å². The largest absolute Gasteiger partial charge is 0.289 e. The molecule has 120 valence electrons. The second kappa shape index (κ2) is 5.29. The molecule has 0 atom stereocenters. The fourth-order valence-electron chi connectivity index (χ4n) is 5.48. The number of hydrogen-bond acceptors (Lipinski definition) is 3. The van der Waals surface area contributed by atoms with Gasteiger partial charge in [-0.05, 0) is 79.9 Å². The van der Waals surface area contributed by atoms with E-state index in [0.717, 1.165) is 17.8 Å². The molecule has 0 heterocycles. The van der Waals surface area contributed by atoms with E-state index >= 15 is 0 Å². The van der Waals surface area contributed by atoms with Gasteiger partial charge < -0.3 is 0 Å². The van der Waals surface area contributed by atoms with Crippen LogP contribution in [0, 0.1) is 33.3 Å². The average molecular weight is 311 g/mol. The lowest BCUT2D eigenvalue weighted by atomic mass is 9.49. The van der Waals surface area contributed by atoms with Crippen molar-refractivity contribution >= 4 is 11.5 Å². The van der Waals surface area contributed by atoms with Gasteiger partial charge in [-0.2, -0.15) is 0 Å². The van der Waals surface area contributed by atoms with E-state index in [1.807, 2.05) is 0 Å². The number of carbonyl (C=O) groups is 1. The van der Waals surface area contributed by atoms with Gasteiger partial charge in [0.05, 0.1) is 4.92 Å². The van der Waals surface area contributed by atoms with Crippen LogP contribution in [0.15, 0.2) is 36.4 Å². The Morgan fingerprint density at radius 1 is 1.04 bits per heavy atom. The van der Waals surface area contributed by atoms with E-state index in [1.54, 1.807) is 18.2 Å². The molecule has 23 heavy (non-hydrogen) atoms. The standard InChI is InChI=1S/C19H21NO3/c21-18(16-1-3-17(4-2-16)20(22)23)5-6-19-10-13-7-14(11-19)9-15(8-13)12-19/h1-6,13-15H,7-12H2. The smallest absolute Gasteiger partial charge is 0.269 e. The van der Waals surface area contributed by atoms with Gasteiger partial charge in [0.2, 0.25) is 0 Å². The molecule has 0 aliphatic heterocycles. The summed E-state index contributed by atoms with van der Waals surface area (Å²) >= 11 is 0. The number of benzene rings is 1. The molecule has 4 aliphatic carbocycles. The summed E-state index contributed by atoms with van der Waals surface area (Å²) in [5.41, 5.74) is 0.786. The minimum Gasteiger partial charge on any atom is -0.289 e. The zero-order chi connectivity index (χ0) is 16.0. The first-order valence-corrected chi connectivity index (χ1v) is 8.51. The van der Waals surface area contributed by atoms with Gasteiger partial charge in [-0.25, -0.2) is 0 Å². The van der Waals surface area contributed by atoms with Crippen molar-refractivity contribution in [1.29, 1.82) is 0 Å². The van der Waals surface area contributed by atoms with Gasteiger partial charge in [-0.1, -0.05) is 6.08 Å². The van der Waals surface area contributed by atoms with Crippen LogP contribution in [0.5, 0.6) is 0 Å². The maximum atomic E-state index is 12.4. The van der Waals surface area contributed by atoms with Crippen LogP contribution in [0.25, 0.3) is 0 Å². The second-order valence-electron chi connectivity index (χ2n) is 7.78. The number of nitrogens with zero attached hydrogens (tertiary/aromatic N) is 1. The van der Waals surface area contributed by atoms with Crippen molar-refractivity contribution in [3.05, 3.63) is 52.1 Å². The quantitative estimate of drug-likeness (QED) is 0.355. The number of hydrogen-bond donors (Lipinski definition) is 0. The minimum absolute atomic E-state index is 0.0200. The molecule has 4 bridgehead atoms. The van der Waals surface area contributed by atoms with Crippen molar-refractivity contribution in [2.24, 2.45) is 23.2 Å². The number of non-ortho nitro benzene ring substituents is 1. The summed E-state index contributed by atoms with van der Waals surface area (Å²) in [7, 11) is 0. The van der Waals surface area contributed by atoms with Crippen LogP contribution in [-0.2, 0) is 0 Å². The van der Waals surface area contributed by atoms with Gasteiger partial charge in [0.1, 0.15) is 0 Å². The first-order chi connectivity index (χ1) is 11.0. The summed E-state index contributed by atoms with van der Waals surface area (Å²) in [6.07, 6.45) is 11.8. The Morgan fingerprint density at radius 2 is 1.57 bits per heavy atom. The Balaban J connectivity index is 1.50. The van der Waals surface area contributed by atoms with Crippen molar-refractivity contribution in [2.45, 2.75) is 38.5 Å². The van der Waals surface area contributed by atoms with E-state index in [4.69, 9.17) is 0 Å². The fraction of sp³-hybridized carbons (Fsp3) is 0.526. The monoisotopic (exact) mass is 311 g/mol. The predicted molar refractivity (Wildman–Crippen MR) is 87.2 cm³/mol. The molecule has 0 amide bonds. The van der Waals surface area contributed by atoms with E-state index in [1.165, 1.54) is 50.7 Å². The molecule has 0 radical (unpaired) electrons. The molecule has 4 nitrogen and oxygen atoms in total. The predicted octanol–water partition coefficient (Wildman–Crippen LogP) is 4.55. The second-order valence-corrected chi connectivity index (χ2v) is 7.78. The number of allylic oxidation sites excluding steroid dienone is 2. The third-order valence-electron chi connectivity index (χ3n) is 6.04. The van der Waals surface area contributed by atoms with Gasteiger partial charge in [0.25, 0.3) is 5.69 Å². The van der Waals surface area contributed by atoms with E-state index in [2.05, 4.69) is 6.08 Å². The lowest BCUT2D eigenvalue weighted by Gasteiger charge is -2.55. The highest BCUT2D eigenvalue weighted by molar-refractivity contribution is 6.04. The van der Waals surface area contributed by atoms with Crippen LogP contribution in [0.4, 0.5) is 5.69 Å². The van der Waals surface area contributed by atoms with Gasteiger partial charge in [0.15, 0.2) is 5.78 Å². The molecule has 0 N–H and O–H groups in total. The molecule has 1 aromatic rings. The lowest BCUT2D eigenvalue weighted by Crippen LogP contribution is -2.45. The third kappa shape index (κ3) is 2.71. The summed E-state index contributed by atoms with van der Waals surface area (Å²) in [5.74, 6) is 2.54. The molecule has 0 unspecified atom stereocenters. The van der Waals surface area contributed by atoms with Crippen molar-refractivity contribution in [3.8, 4) is 0 Å². The SMILES string of the molecule is O=C(C=CC12CC3CC(CC(C3)C1)C2)c1ccc([N+](=O)[O-])cc1. The van der Waals surface area contributed by atoms with Gasteiger partial charge in [0, 0.05) is 17.7 Å². The van der Waals surface area contributed by atoms with Gasteiger partial charge in [-0.15, -0.1) is 0 Å². The lowest BCUT2D eigenvalue weighted by molar-refractivity contribution is -0.384. The molecular formula is C19H21NO3. The number of nitro groups is 1. The normalized spacial score (nSPS) is 34.9. The Labute approximate surface area is 135 Å². The first kappa shape index (κ1) is 14.6. The fourth-order valence-corrected chi connectivity index (χ4v) is 5.48. The van der Waals surface area contributed by atoms with Crippen LogP contribution >= 0.6 is 0 Å². The Hall–Kier alpha value is -1.97. The van der Waals surface area contributed by atoms with Crippen LogP contribution in [0.2, 0.25) is 0 Å². The number of carbonyl (C=O) groups excluding carboxylic acids is 1. The van der Waals surface area contributed by atoms with E-state index in [-0.39, 0.29) is 16.9 Å². The van der Waals surface area contributed by atoms with E-state index in [9.17, 15) is 14.9 Å². The van der Waals surface area contributed by atoms with Crippen molar-refractivity contribution in [2.75, 3.05) is 0 Å². The highest BCUT2D eigenvalue weighted by Crippen LogP contribution is 2.60. The number of nitro benzene ring substituents is 1. The number of rotatable bonds is 4. The topological polar surface area (TPSA) is 60.2 Å². The van der Waals surface area contributed by atoms with Crippen molar-refractivity contribution < 1.29 is 9.72 Å².